The SMILES string of the molecule is NS(=O)(=O)c1ccc2c(c1)CN(CN1CSc3ccc(S(N)(=O)=O)cc3C1)CS2. The normalized spacial score (nSPS) is 18.3. The van der Waals surface area contributed by atoms with Gasteiger partial charge in [-0.05, 0) is 47.5 Å². The Labute approximate surface area is 178 Å². The summed E-state index contributed by atoms with van der Waals surface area (Å²) in [6, 6.07) is 9.97. The van der Waals surface area contributed by atoms with E-state index >= 15 is 0 Å². The van der Waals surface area contributed by atoms with Gasteiger partial charge in [-0.15, -0.1) is 23.5 Å². The summed E-state index contributed by atoms with van der Waals surface area (Å²) in [4.78, 5) is 6.80. The van der Waals surface area contributed by atoms with Crippen LogP contribution in [0, 0.1) is 0 Å². The van der Waals surface area contributed by atoms with Crippen LogP contribution in [0.2, 0.25) is 0 Å². The minimum Gasteiger partial charge on any atom is -0.277 e. The third kappa shape index (κ3) is 4.80. The van der Waals surface area contributed by atoms with Crippen LogP contribution in [0.4, 0.5) is 0 Å². The number of hydrogen-bond donors (Lipinski definition) is 2. The van der Waals surface area contributed by atoms with Gasteiger partial charge < -0.3 is 0 Å². The first-order valence-corrected chi connectivity index (χ1v) is 13.7. The first kappa shape index (κ1) is 21.1. The zero-order valence-electron chi connectivity index (χ0n) is 15.3. The van der Waals surface area contributed by atoms with Crippen molar-refractivity contribution < 1.29 is 16.8 Å². The Morgan fingerprint density at radius 1 is 0.759 bits per heavy atom. The first-order valence-electron chi connectivity index (χ1n) is 8.61. The van der Waals surface area contributed by atoms with Gasteiger partial charge in [-0.25, -0.2) is 27.1 Å². The summed E-state index contributed by atoms with van der Waals surface area (Å²) in [6.07, 6.45) is 0. The molecule has 0 spiro atoms. The van der Waals surface area contributed by atoms with E-state index in [2.05, 4.69) is 9.80 Å². The molecule has 29 heavy (non-hydrogen) atoms. The van der Waals surface area contributed by atoms with E-state index in [1.165, 1.54) is 12.1 Å². The minimum absolute atomic E-state index is 0.122. The summed E-state index contributed by atoms with van der Waals surface area (Å²) in [6.45, 7) is 1.92. The Bertz CT molecular complexity index is 1080. The number of primary sulfonamides is 2. The maximum absolute atomic E-state index is 11.6. The van der Waals surface area contributed by atoms with Gasteiger partial charge in [0.25, 0.3) is 0 Å². The van der Waals surface area contributed by atoms with Crippen molar-refractivity contribution in [1.29, 1.82) is 0 Å². The molecular weight excluding hydrogens is 452 g/mol. The molecule has 2 aliphatic heterocycles. The molecule has 156 valence electrons. The van der Waals surface area contributed by atoms with Crippen LogP contribution in [0.1, 0.15) is 11.1 Å². The summed E-state index contributed by atoms with van der Waals surface area (Å²) in [5.74, 6) is 1.57. The molecular formula is C17H20N4O4S4. The van der Waals surface area contributed by atoms with Crippen LogP contribution in [-0.2, 0) is 33.1 Å². The zero-order valence-corrected chi connectivity index (χ0v) is 18.6. The topological polar surface area (TPSA) is 127 Å². The van der Waals surface area contributed by atoms with Crippen LogP contribution in [0.15, 0.2) is 56.0 Å². The Kier molecular flexibility index (Phi) is 5.72. The van der Waals surface area contributed by atoms with E-state index in [0.717, 1.165) is 32.7 Å². The molecule has 0 saturated heterocycles. The average Bonchev–Trinajstić information content (AvgIpc) is 2.65. The van der Waals surface area contributed by atoms with Gasteiger partial charge >= 0.3 is 0 Å². The molecule has 8 nitrogen and oxygen atoms in total. The maximum Gasteiger partial charge on any atom is 0.238 e. The molecule has 0 aliphatic carbocycles. The number of fused-ring (bicyclic) bond motifs is 2. The molecule has 4 N–H and O–H groups in total. The third-order valence-corrected chi connectivity index (χ3v) is 8.94. The standard InChI is InChI=1S/C17H20N4O4S4/c18-28(22,23)14-1-3-16-12(5-14)7-20(10-26-16)9-21-8-13-6-15(29(19,24)25)2-4-17(13)27-11-21/h1-6H,7-11H2,(H2,18,22,23)(H2,19,24,25). The van der Waals surface area contributed by atoms with Gasteiger partial charge in [0.05, 0.1) is 28.2 Å². The van der Waals surface area contributed by atoms with Crippen LogP contribution in [0.5, 0.6) is 0 Å². The Morgan fingerprint density at radius 3 is 1.55 bits per heavy atom. The maximum atomic E-state index is 11.6. The highest BCUT2D eigenvalue weighted by Gasteiger charge is 2.24. The molecule has 0 fully saturated rings. The summed E-state index contributed by atoms with van der Waals surface area (Å²) in [5, 5.41) is 10.5. The molecule has 0 aromatic heterocycles. The van der Waals surface area contributed by atoms with Crippen molar-refractivity contribution in [3.8, 4) is 0 Å². The number of hydrogen-bond acceptors (Lipinski definition) is 8. The van der Waals surface area contributed by atoms with Crippen LogP contribution >= 0.6 is 23.5 Å². The van der Waals surface area contributed by atoms with E-state index in [1.54, 1.807) is 47.8 Å². The first-order chi connectivity index (χ1) is 13.6. The fraction of sp³-hybridized carbons (Fsp3) is 0.294. The fourth-order valence-corrected chi connectivity index (χ4v) is 6.42. The molecule has 0 unspecified atom stereocenters. The van der Waals surface area contributed by atoms with Gasteiger partial charge in [-0.2, -0.15) is 0 Å². The average molecular weight is 473 g/mol. The van der Waals surface area contributed by atoms with Crippen LogP contribution in [-0.4, -0.2) is 45.1 Å². The monoisotopic (exact) mass is 472 g/mol. The number of nitrogens with zero attached hydrogens (tertiary/aromatic N) is 2. The summed E-state index contributed by atoms with van der Waals surface area (Å²) < 4.78 is 46.5. The zero-order chi connectivity index (χ0) is 20.8. The molecule has 2 aromatic rings. The lowest BCUT2D eigenvalue weighted by atomic mass is 10.2. The van der Waals surface area contributed by atoms with Gasteiger partial charge in [0.15, 0.2) is 0 Å². The predicted octanol–water partition coefficient (Wildman–Crippen LogP) is 1.37. The lowest BCUT2D eigenvalue weighted by Gasteiger charge is -2.35. The van der Waals surface area contributed by atoms with E-state index < -0.39 is 20.0 Å². The molecule has 2 aliphatic rings. The van der Waals surface area contributed by atoms with Gasteiger partial charge in [-0.3, -0.25) is 9.80 Å². The van der Waals surface area contributed by atoms with Gasteiger partial charge in [-0.1, -0.05) is 0 Å². The van der Waals surface area contributed by atoms with Gasteiger partial charge in [0, 0.05) is 22.9 Å². The van der Waals surface area contributed by atoms with Crippen LogP contribution < -0.4 is 10.3 Å². The van der Waals surface area contributed by atoms with Gasteiger partial charge in [0.2, 0.25) is 20.0 Å². The number of benzene rings is 2. The van der Waals surface area contributed by atoms with E-state index in [9.17, 15) is 16.8 Å². The van der Waals surface area contributed by atoms with E-state index in [-0.39, 0.29) is 9.79 Å². The highest BCUT2D eigenvalue weighted by Crippen LogP contribution is 2.34. The molecule has 0 amide bonds. The molecule has 2 aromatic carbocycles. The lowest BCUT2D eigenvalue weighted by Crippen LogP contribution is -2.39. The van der Waals surface area contributed by atoms with E-state index in [1.807, 2.05) is 0 Å². The Morgan fingerprint density at radius 2 is 1.17 bits per heavy atom. The highest BCUT2D eigenvalue weighted by atomic mass is 32.2. The van der Waals surface area contributed by atoms with Crippen molar-refractivity contribution >= 4 is 43.6 Å². The molecule has 2 heterocycles. The van der Waals surface area contributed by atoms with Crippen LogP contribution in [0.3, 0.4) is 0 Å². The molecule has 12 heteroatoms. The van der Waals surface area contributed by atoms with E-state index in [0.29, 0.717) is 19.8 Å². The van der Waals surface area contributed by atoms with Crippen LogP contribution in [0.25, 0.3) is 0 Å². The molecule has 0 saturated carbocycles. The van der Waals surface area contributed by atoms with Crippen molar-refractivity contribution in [1.82, 2.24) is 9.80 Å². The second-order valence-corrected chi connectivity index (χ2v) is 12.1. The molecule has 0 atom stereocenters. The van der Waals surface area contributed by atoms with E-state index in [4.69, 9.17) is 10.3 Å². The highest BCUT2D eigenvalue weighted by molar-refractivity contribution is 7.99. The third-order valence-electron chi connectivity index (χ3n) is 4.71. The van der Waals surface area contributed by atoms with Crippen molar-refractivity contribution in [2.75, 3.05) is 18.4 Å². The molecule has 0 radical (unpaired) electrons. The molecule has 4 rings (SSSR count). The van der Waals surface area contributed by atoms with Gasteiger partial charge in [0.1, 0.15) is 0 Å². The lowest BCUT2D eigenvalue weighted by molar-refractivity contribution is 0.152. The van der Waals surface area contributed by atoms with Crippen molar-refractivity contribution in [3.63, 3.8) is 0 Å². The van der Waals surface area contributed by atoms with Crippen molar-refractivity contribution in [3.05, 3.63) is 47.5 Å². The van der Waals surface area contributed by atoms with Crippen molar-refractivity contribution in [2.45, 2.75) is 32.7 Å². The quantitative estimate of drug-likeness (QED) is 0.683. The summed E-state index contributed by atoms with van der Waals surface area (Å²) in [5.41, 5.74) is 1.88. The predicted molar refractivity (Wildman–Crippen MR) is 113 cm³/mol. The Hall–Kier alpha value is -1.12. The largest absolute Gasteiger partial charge is 0.277 e. The number of thioether (sulfide) groups is 2. The Balaban J connectivity index is 1.48. The second kappa shape index (κ2) is 7.85. The summed E-state index contributed by atoms with van der Waals surface area (Å²) >= 11 is 3.31. The smallest absolute Gasteiger partial charge is 0.238 e. The van der Waals surface area contributed by atoms with Crippen molar-refractivity contribution in [2.24, 2.45) is 10.3 Å². The fourth-order valence-electron chi connectivity index (χ4n) is 3.35. The summed E-state index contributed by atoms with van der Waals surface area (Å²) in [7, 11) is -7.46. The molecule has 0 bridgehead atoms. The second-order valence-electron chi connectivity index (χ2n) is 6.98. The number of sulfonamides is 2. The minimum atomic E-state index is -3.73. The number of nitrogens with two attached hydrogens (primary N) is 2. The number of rotatable bonds is 4.